The first-order chi connectivity index (χ1) is 11.6. The number of rotatable bonds is 5. The molecule has 2 aromatic rings. The van der Waals surface area contributed by atoms with E-state index in [1.54, 1.807) is 12.1 Å². The van der Waals surface area contributed by atoms with Crippen LogP contribution in [-0.4, -0.2) is 34.5 Å². The Labute approximate surface area is 183 Å². The van der Waals surface area contributed by atoms with Crippen LogP contribution in [0, 0.1) is 0 Å². The molecule has 1 aromatic heterocycles. The smallest absolute Gasteiger partial charge is 0.420 e. The van der Waals surface area contributed by atoms with E-state index in [0.717, 1.165) is 0 Å². The fraction of sp³-hybridized carbons (Fsp3) is 0.182. The Morgan fingerprint density at radius 3 is 1.96 bits per heavy atom. The predicted molar refractivity (Wildman–Crippen MR) is 89.8 cm³/mol. The minimum Gasteiger partial charge on any atom is -0.420 e. The van der Waals surface area contributed by atoms with Gasteiger partial charge < -0.3 is 13.7 Å². The number of halogens is 2. The molecule has 1 heterocycles. The van der Waals surface area contributed by atoms with Gasteiger partial charge in [0, 0.05) is 5.69 Å². The van der Waals surface area contributed by atoms with Crippen molar-refractivity contribution in [2.75, 3.05) is 11.9 Å². The molecule has 15 heteroatoms. The fourth-order valence-corrected chi connectivity index (χ4v) is 2.33. The Balaban J connectivity index is 0.000000673. The average Bonchev–Trinajstić information content (AvgIpc) is 2.46. The zero-order chi connectivity index (χ0) is 19.0. The molecule has 2 N–H and O–H groups in total. The van der Waals surface area contributed by atoms with Gasteiger partial charge in [-0.3, -0.25) is 4.55 Å². The van der Waals surface area contributed by atoms with Gasteiger partial charge in [0.05, 0.1) is 6.61 Å². The Morgan fingerprint density at radius 2 is 1.62 bits per heavy atom. The van der Waals surface area contributed by atoms with Gasteiger partial charge in [-0.05, 0) is 53.0 Å². The van der Waals surface area contributed by atoms with Crippen molar-refractivity contribution in [1.82, 2.24) is 15.0 Å². The SMILES string of the molecule is CCOS(=O)(=O)O.O=[S-](=O)c1ccc(Nc2nc(Cl)nc(Cl)n2)cc1.[Na+]. The van der Waals surface area contributed by atoms with Crippen molar-refractivity contribution < 1.29 is 55.1 Å². The van der Waals surface area contributed by atoms with Crippen LogP contribution in [0.5, 0.6) is 0 Å². The van der Waals surface area contributed by atoms with Gasteiger partial charge in [-0.2, -0.15) is 23.4 Å². The molecule has 0 fully saturated rings. The van der Waals surface area contributed by atoms with E-state index in [1.807, 2.05) is 0 Å². The van der Waals surface area contributed by atoms with E-state index in [0.29, 0.717) is 5.69 Å². The minimum absolute atomic E-state index is 0. The van der Waals surface area contributed by atoms with Crippen molar-refractivity contribution in [3.63, 3.8) is 0 Å². The Hall–Kier alpha value is -0.570. The van der Waals surface area contributed by atoms with Crippen LogP contribution in [0.15, 0.2) is 29.2 Å². The standard InChI is InChI=1S/C9H5Cl2N4O2S.C2H6O4S.Na/c10-7-13-8(11)15-9(14-7)12-5-1-3-6(4-2-5)18(16)17;1-2-6-7(3,4)5;/h1-4H,(H,12,13,14,15);2H2,1H3,(H,3,4,5);/q-1;;+1. The van der Waals surface area contributed by atoms with Crippen molar-refractivity contribution >= 4 is 55.9 Å². The maximum absolute atomic E-state index is 10.7. The molecule has 26 heavy (non-hydrogen) atoms. The van der Waals surface area contributed by atoms with Crippen molar-refractivity contribution in [2.24, 2.45) is 0 Å². The molecule has 138 valence electrons. The number of nitrogens with one attached hydrogen (secondary N) is 1. The van der Waals surface area contributed by atoms with Gasteiger partial charge in [-0.1, -0.05) is 17.0 Å². The van der Waals surface area contributed by atoms with E-state index >= 15 is 0 Å². The molecule has 2 rings (SSSR count). The van der Waals surface area contributed by atoms with Gasteiger partial charge in [0.2, 0.25) is 16.5 Å². The summed E-state index contributed by atoms with van der Waals surface area (Å²) in [6.07, 6.45) is 0. The summed E-state index contributed by atoms with van der Waals surface area (Å²) in [6, 6.07) is 6.01. The molecule has 0 saturated heterocycles. The van der Waals surface area contributed by atoms with Gasteiger partial charge in [0.25, 0.3) is 0 Å². The average molecular weight is 453 g/mol. The van der Waals surface area contributed by atoms with E-state index in [4.69, 9.17) is 27.8 Å². The van der Waals surface area contributed by atoms with Crippen molar-refractivity contribution in [3.05, 3.63) is 34.8 Å². The molecule has 0 aliphatic carbocycles. The second-order valence-electron chi connectivity index (χ2n) is 3.92. The first-order valence-electron chi connectivity index (χ1n) is 6.26. The predicted octanol–water partition coefficient (Wildman–Crippen LogP) is -0.580. The summed E-state index contributed by atoms with van der Waals surface area (Å²) in [7, 11) is -6.43. The van der Waals surface area contributed by atoms with Gasteiger partial charge in [-0.15, -0.1) is 0 Å². The fourth-order valence-electron chi connectivity index (χ4n) is 1.31. The minimum atomic E-state index is -4.17. The normalized spacial score (nSPS) is 10.5. The summed E-state index contributed by atoms with van der Waals surface area (Å²) in [5, 5.41) is 2.75. The summed E-state index contributed by atoms with van der Waals surface area (Å²) >= 11 is 11.2. The summed E-state index contributed by atoms with van der Waals surface area (Å²) in [6.45, 7) is 1.44. The van der Waals surface area contributed by atoms with Gasteiger partial charge in [-0.25, -0.2) is 4.18 Å². The van der Waals surface area contributed by atoms with Crippen molar-refractivity contribution in [2.45, 2.75) is 11.8 Å². The van der Waals surface area contributed by atoms with Crippen LogP contribution in [0.1, 0.15) is 6.92 Å². The maximum Gasteiger partial charge on any atom is 1.00 e. The van der Waals surface area contributed by atoms with Crippen LogP contribution in [0.25, 0.3) is 0 Å². The molecule has 0 aliphatic heterocycles. The van der Waals surface area contributed by atoms with E-state index < -0.39 is 21.1 Å². The summed E-state index contributed by atoms with van der Waals surface area (Å²) < 4.78 is 52.0. The Morgan fingerprint density at radius 1 is 1.12 bits per heavy atom. The van der Waals surface area contributed by atoms with Gasteiger partial charge in [0.1, 0.15) is 0 Å². The zero-order valence-corrected chi connectivity index (χ0v) is 18.6. The summed E-state index contributed by atoms with van der Waals surface area (Å²) in [5.74, 6) is 0.177. The van der Waals surface area contributed by atoms with Crippen LogP contribution in [-0.2, 0) is 33.7 Å². The second-order valence-corrected chi connectivity index (χ2v) is 6.62. The van der Waals surface area contributed by atoms with Gasteiger partial charge in [0.15, 0.2) is 0 Å². The van der Waals surface area contributed by atoms with E-state index in [1.165, 1.54) is 19.1 Å². The largest absolute Gasteiger partial charge is 1.00 e. The van der Waals surface area contributed by atoms with E-state index in [9.17, 15) is 16.8 Å². The number of aromatic nitrogens is 3. The molecule has 0 saturated carbocycles. The first-order valence-corrected chi connectivity index (χ1v) is 9.45. The summed E-state index contributed by atoms with van der Waals surface area (Å²) in [4.78, 5) is 11.4. The summed E-state index contributed by atoms with van der Waals surface area (Å²) in [5.41, 5.74) is 0.600. The third-order valence-electron chi connectivity index (χ3n) is 2.15. The molecule has 1 aromatic carbocycles. The van der Waals surface area contributed by atoms with Crippen LogP contribution in [0.4, 0.5) is 11.6 Å². The Bertz CT molecular complexity index is 868. The molecule has 0 spiro atoms. The Kier molecular flexibility index (Phi) is 11.7. The van der Waals surface area contributed by atoms with Crippen LogP contribution < -0.4 is 34.9 Å². The second kappa shape index (κ2) is 12.0. The monoisotopic (exact) mass is 452 g/mol. The quantitative estimate of drug-likeness (QED) is 0.342. The number of hydrogen-bond donors (Lipinski definition) is 2. The number of hydrogen-bond acceptors (Lipinski definition) is 10. The molecule has 0 amide bonds. The molecule has 0 atom stereocenters. The van der Waals surface area contributed by atoms with Crippen LogP contribution in [0.3, 0.4) is 0 Å². The van der Waals surface area contributed by atoms with E-state index in [2.05, 4.69) is 24.5 Å². The topological polar surface area (TPSA) is 148 Å². The molecular formula is C11H11Cl2N4NaO6S2. The number of anilines is 2. The molecule has 10 nitrogen and oxygen atoms in total. The van der Waals surface area contributed by atoms with Gasteiger partial charge >= 0.3 is 40.0 Å². The van der Waals surface area contributed by atoms with E-state index in [-0.39, 0.29) is 57.6 Å². The number of nitrogens with zero attached hydrogens (tertiary/aromatic N) is 3. The first kappa shape index (κ1) is 25.4. The third kappa shape index (κ3) is 10.5. The van der Waals surface area contributed by atoms with Crippen molar-refractivity contribution in [3.8, 4) is 0 Å². The molecule has 0 aliphatic rings. The third-order valence-corrected chi connectivity index (χ3v) is 3.68. The molecular weight excluding hydrogens is 442 g/mol. The zero-order valence-electron chi connectivity index (χ0n) is 13.4. The van der Waals surface area contributed by atoms with Crippen molar-refractivity contribution in [1.29, 1.82) is 0 Å². The molecule has 0 bridgehead atoms. The maximum atomic E-state index is 10.7. The number of benzene rings is 1. The molecule has 0 radical (unpaired) electrons. The van der Waals surface area contributed by atoms with Crippen LogP contribution in [0.2, 0.25) is 10.6 Å². The molecule has 0 unspecified atom stereocenters. The van der Waals surface area contributed by atoms with Crippen LogP contribution >= 0.6 is 23.2 Å².